The maximum Gasteiger partial charge on any atom is 0.325 e. The maximum atomic E-state index is 5.80. The zero-order valence-electron chi connectivity index (χ0n) is 11.5. The van der Waals surface area contributed by atoms with E-state index in [0.29, 0.717) is 12.2 Å². The molecule has 0 saturated carbocycles. The van der Waals surface area contributed by atoms with Crippen LogP contribution >= 0.6 is 0 Å². The van der Waals surface area contributed by atoms with Crippen molar-refractivity contribution in [2.24, 2.45) is 0 Å². The Labute approximate surface area is 114 Å². The van der Waals surface area contributed by atoms with Crippen molar-refractivity contribution in [2.75, 3.05) is 7.11 Å². The molecule has 19 heavy (non-hydrogen) atoms. The first kappa shape index (κ1) is 13.7. The molecule has 0 radical (unpaired) electrons. The van der Waals surface area contributed by atoms with Crippen molar-refractivity contribution in [2.45, 2.75) is 31.8 Å². The van der Waals surface area contributed by atoms with E-state index in [2.05, 4.69) is 12.5 Å². The molecular weight excluding hydrogens is 240 g/mol. The third-order valence-corrected chi connectivity index (χ3v) is 3.30. The normalized spacial score (nSPS) is 29.9. The Morgan fingerprint density at radius 1 is 1.37 bits per heavy atom. The highest BCUT2D eigenvalue weighted by Crippen LogP contribution is 2.40. The molecule has 0 N–H and O–H groups in total. The summed E-state index contributed by atoms with van der Waals surface area (Å²) < 4.78 is 16.5. The van der Waals surface area contributed by atoms with Crippen molar-refractivity contribution in [1.82, 2.24) is 0 Å². The number of methoxy groups -OCH3 is 1. The van der Waals surface area contributed by atoms with Crippen LogP contribution in [0.25, 0.3) is 0 Å². The average molecular weight is 258 g/mol. The van der Waals surface area contributed by atoms with Crippen LogP contribution < -0.4 is 0 Å². The molecule has 3 heteroatoms. The second kappa shape index (κ2) is 4.73. The van der Waals surface area contributed by atoms with Crippen LogP contribution in [0.1, 0.15) is 18.1 Å². The van der Waals surface area contributed by atoms with Gasteiger partial charge in [-0.1, -0.05) is 42.3 Å². The van der Waals surface area contributed by atoms with Gasteiger partial charge in [0.2, 0.25) is 0 Å². The van der Waals surface area contributed by atoms with E-state index in [0.717, 1.165) is 5.56 Å². The van der Waals surface area contributed by atoms with E-state index >= 15 is 0 Å². The molecule has 2 rings (SSSR count). The molecule has 3 nitrogen and oxygen atoms in total. The van der Waals surface area contributed by atoms with Crippen LogP contribution in [0.3, 0.4) is 0 Å². The second-order valence-electron chi connectivity index (χ2n) is 4.83. The van der Waals surface area contributed by atoms with E-state index in [1.807, 2.05) is 31.2 Å². The molecule has 0 bridgehead atoms. The van der Waals surface area contributed by atoms with Crippen molar-refractivity contribution in [3.8, 4) is 12.3 Å². The van der Waals surface area contributed by atoms with Crippen molar-refractivity contribution < 1.29 is 14.2 Å². The molecule has 1 aromatic carbocycles. The van der Waals surface area contributed by atoms with Crippen LogP contribution in [0.4, 0.5) is 0 Å². The molecule has 2 atom stereocenters. The Morgan fingerprint density at radius 3 is 2.47 bits per heavy atom. The lowest BCUT2D eigenvalue weighted by Crippen LogP contribution is -2.36. The summed E-state index contributed by atoms with van der Waals surface area (Å²) in [6, 6.07) is 8.11. The van der Waals surface area contributed by atoms with Gasteiger partial charge in [-0.25, -0.2) is 0 Å². The molecule has 0 amide bonds. The molecule has 1 aliphatic rings. The van der Waals surface area contributed by atoms with Gasteiger partial charge in [0.25, 0.3) is 0 Å². The third-order valence-electron chi connectivity index (χ3n) is 3.30. The summed E-state index contributed by atoms with van der Waals surface area (Å²) >= 11 is 0. The minimum absolute atomic E-state index is 0.403. The van der Waals surface area contributed by atoms with Crippen LogP contribution in [0.2, 0.25) is 0 Å². The van der Waals surface area contributed by atoms with Crippen LogP contribution in [0.5, 0.6) is 0 Å². The number of benzene rings is 1. The highest BCUT2D eigenvalue weighted by atomic mass is 16.9. The Kier molecular flexibility index (Phi) is 3.40. The molecule has 1 saturated heterocycles. The fourth-order valence-electron chi connectivity index (χ4n) is 2.07. The van der Waals surface area contributed by atoms with Gasteiger partial charge in [0.15, 0.2) is 5.60 Å². The van der Waals surface area contributed by atoms with E-state index in [-0.39, 0.29) is 0 Å². The second-order valence-corrected chi connectivity index (χ2v) is 4.83. The van der Waals surface area contributed by atoms with Gasteiger partial charge in [-0.3, -0.25) is 4.74 Å². The third kappa shape index (κ3) is 2.51. The van der Waals surface area contributed by atoms with E-state index in [9.17, 15) is 0 Å². The summed E-state index contributed by atoms with van der Waals surface area (Å²) in [4.78, 5) is 0. The first-order valence-corrected chi connectivity index (χ1v) is 6.10. The number of terminal acetylenes is 1. The van der Waals surface area contributed by atoms with Gasteiger partial charge in [0.05, 0.1) is 0 Å². The van der Waals surface area contributed by atoms with Gasteiger partial charge >= 0.3 is 5.97 Å². The van der Waals surface area contributed by atoms with E-state index < -0.39 is 11.6 Å². The molecule has 0 spiro atoms. The number of hydrogen-bond donors (Lipinski definition) is 0. The molecule has 100 valence electrons. The topological polar surface area (TPSA) is 27.7 Å². The van der Waals surface area contributed by atoms with Crippen LogP contribution in [0, 0.1) is 19.3 Å². The highest BCUT2D eigenvalue weighted by Gasteiger charge is 2.51. The fraction of sp³-hybridized carbons (Fsp3) is 0.375. The van der Waals surface area contributed by atoms with Crippen molar-refractivity contribution >= 4 is 0 Å². The Balaban J connectivity index is 2.27. The van der Waals surface area contributed by atoms with Gasteiger partial charge in [-0.2, -0.15) is 0 Å². The first-order chi connectivity index (χ1) is 8.93. The number of hydrogen-bond acceptors (Lipinski definition) is 3. The molecule has 1 heterocycles. The van der Waals surface area contributed by atoms with Crippen LogP contribution in [-0.4, -0.2) is 18.7 Å². The van der Waals surface area contributed by atoms with Crippen LogP contribution in [-0.2, 0) is 20.6 Å². The van der Waals surface area contributed by atoms with Crippen LogP contribution in [0.15, 0.2) is 36.6 Å². The number of rotatable bonds is 3. The summed E-state index contributed by atoms with van der Waals surface area (Å²) in [6.45, 7) is 7.58. The zero-order chi connectivity index (χ0) is 14.1. The molecule has 0 aliphatic carbocycles. The summed E-state index contributed by atoms with van der Waals surface area (Å²) in [5, 5.41) is 0. The van der Waals surface area contributed by atoms with E-state index in [1.165, 1.54) is 12.7 Å². The molecular formula is C16H18O3. The van der Waals surface area contributed by atoms with Gasteiger partial charge in [-0.15, -0.1) is 6.42 Å². The lowest BCUT2D eigenvalue weighted by Gasteiger charge is -2.24. The highest BCUT2D eigenvalue weighted by molar-refractivity contribution is 5.33. The number of aryl methyl sites for hydroxylation is 1. The summed E-state index contributed by atoms with van der Waals surface area (Å²) in [5.41, 5.74) is 1.27. The van der Waals surface area contributed by atoms with Crippen molar-refractivity contribution in [3.05, 3.63) is 47.7 Å². The van der Waals surface area contributed by atoms with Crippen molar-refractivity contribution in [1.29, 1.82) is 0 Å². The quantitative estimate of drug-likeness (QED) is 0.780. The molecule has 0 aromatic heterocycles. The minimum atomic E-state index is -1.17. The Hall–Kier alpha value is -1.76. The first-order valence-electron chi connectivity index (χ1n) is 6.10. The molecule has 2 unspecified atom stereocenters. The summed E-state index contributed by atoms with van der Waals surface area (Å²) in [6.07, 6.45) is 6.14. The lowest BCUT2D eigenvalue weighted by atomic mass is 9.93. The number of ether oxygens (including phenoxy) is 3. The molecule has 1 aromatic rings. The van der Waals surface area contributed by atoms with Gasteiger partial charge in [0, 0.05) is 20.5 Å². The Bertz CT molecular complexity index is 526. The monoisotopic (exact) mass is 258 g/mol. The largest absolute Gasteiger partial charge is 0.440 e. The van der Waals surface area contributed by atoms with Gasteiger partial charge < -0.3 is 9.47 Å². The van der Waals surface area contributed by atoms with E-state index in [1.54, 1.807) is 6.92 Å². The Morgan fingerprint density at radius 2 is 2.00 bits per heavy atom. The summed E-state index contributed by atoms with van der Waals surface area (Å²) in [7, 11) is 1.51. The maximum absolute atomic E-state index is 5.80. The SMILES string of the molecule is C#CC1(Cc2ccc(C)cc2)OC(C)(OC)OC1=C. The predicted molar refractivity (Wildman–Crippen MR) is 73.2 cm³/mol. The lowest BCUT2D eigenvalue weighted by molar-refractivity contribution is -0.315. The summed E-state index contributed by atoms with van der Waals surface area (Å²) in [5.74, 6) is 1.88. The fourth-order valence-corrected chi connectivity index (χ4v) is 2.07. The average Bonchev–Trinajstić information content (AvgIpc) is 2.65. The standard InChI is InChI=1S/C16H18O3/c1-6-16(11-14-9-7-12(2)8-10-14)13(3)18-15(4,17-5)19-16/h1,7-10H,3,11H2,2,4-5H3. The van der Waals surface area contributed by atoms with Gasteiger partial charge in [-0.05, 0) is 12.5 Å². The zero-order valence-corrected chi connectivity index (χ0v) is 11.5. The predicted octanol–water partition coefficient (Wildman–Crippen LogP) is 2.79. The smallest absolute Gasteiger partial charge is 0.325 e. The minimum Gasteiger partial charge on any atom is -0.440 e. The van der Waals surface area contributed by atoms with E-state index in [4.69, 9.17) is 20.6 Å². The van der Waals surface area contributed by atoms with Gasteiger partial charge in [0.1, 0.15) is 5.76 Å². The molecule has 1 fully saturated rings. The molecule has 1 aliphatic heterocycles. The van der Waals surface area contributed by atoms with Crippen molar-refractivity contribution in [3.63, 3.8) is 0 Å².